The predicted molar refractivity (Wildman–Crippen MR) is 60.8 cm³/mol. The van der Waals surface area contributed by atoms with E-state index in [1.165, 1.54) is 24.3 Å². The van der Waals surface area contributed by atoms with Crippen molar-refractivity contribution in [1.82, 2.24) is 0 Å². The Morgan fingerprint density at radius 1 is 1.22 bits per heavy atom. The fraction of sp³-hybridized carbons (Fsp3) is 0.333. The SMILES string of the molecule is O=C1CCCC(c2ccc([N+](=O)[O-])cc2)C(=O)O1. The van der Waals surface area contributed by atoms with Crippen molar-refractivity contribution in [2.45, 2.75) is 25.2 Å². The molecule has 1 heterocycles. The van der Waals surface area contributed by atoms with E-state index in [4.69, 9.17) is 0 Å². The van der Waals surface area contributed by atoms with Crippen LogP contribution in [-0.4, -0.2) is 16.9 Å². The first-order valence-electron chi connectivity index (χ1n) is 5.57. The number of nitro groups is 1. The van der Waals surface area contributed by atoms with Gasteiger partial charge in [-0.05, 0) is 18.4 Å². The van der Waals surface area contributed by atoms with Gasteiger partial charge in [0.25, 0.3) is 5.69 Å². The summed E-state index contributed by atoms with van der Waals surface area (Å²) in [7, 11) is 0. The van der Waals surface area contributed by atoms with Gasteiger partial charge in [0, 0.05) is 18.6 Å². The van der Waals surface area contributed by atoms with E-state index in [1.54, 1.807) is 0 Å². The van der Waals surface area contributed by atoms with Crippen molar-refractivity contribution < 1.29 is 19.2 Å². The van der Waals surface area contributed by atoms with Gasteiger partial charge in [-0.25, -0.2) is 0 Å². The molecule has 1 aliphatic rings. The normalized spacial score (nSPS) is 20.1. The molecule has 0 amide bonds. The minimum absolute atomic E-state index is 0.0307. The third kappa shape index (κ3) is 2.53. The highest BCUT2D eigenvalue weighted by molar-refractivity contribution is 5.90. The molecule has 1 unspecified atom stereocenters. The molecule has 6 nitrogen and oxygen atoms in total. The molecule has 1 aromatic carbocycles. The van der Waals surface area contributed by atoms with Crippen LogP contribution in [0.1, 0.15) is 30.7 Å². The average molecular weight is 249 g/mol. The summed E-state index contributed by atoms with van der Waals surface area (Å²) < 4.78 is 4.64. The fourth-order valence-electron chi connectivity index (χ4n) is 1.93. The molecule has 0 aromatic heterocycles. The summed E-state index contributed by atoms with van der Waals surface area (Å²) in [5.41, 5.74) is 0.608. The number of non-ortho nitro benzene ring substituents is 1. The Balaban J connectivity index is 2.22. The molecule has 0 N–H and O–H groups in total. The lowest BCUT2D eigenvalue weighted by Crippen LogP contribution is -2.16. The molecule has 2 rings (SSSR count). The summed E-state index contributed by atoms with van der Waals surface area (Å²) >= 11 is 0. The van der Waals surface area contributed by atoms with Crippen LogP contribution in [0.15, 0.2) is 24.3 Å². The van der Waals surface area contributed by atoms with E-state index < -0.39 is 22.8 Å². The summed E-state index contributed by atoms with van der Waals surface area (Å²) in [5, 5.41) is 10.5. The Bertz CT molecular complexity index is 494. The van der Waals surface area contributed by atoms with E-state index in [0.29, 0.717) is 18.4 Å². The molecule has 1 atom stereocenters. The number of rotatable bonds is 2. The van der Waals surface area contributed by atoms with Crippen LogP contribution in [0.5, 0.6) is 0 Å². The number of hydrogen-bond acceptors (Lipinski definition) is 5. The van der Waals surface area contributed by atoms with Crippen LogP contribution in [0.25, 0.3) is 0 Å². The number of carbonyl (C=O) groups excluding carboxylic acids is 2. The van der Waals surface area contributed by atoms with Crippen molar-refractivity contribution in [3.63, 3.8) is 0 Å². The predicted octanol–water partition coefficient (Wildman–Crippen LogP) is 1.93. The van der Waals surface area contributed by atoms with Crippen LogP contribution in [0.2, 0.25) is 0 Å². The number of nitro benzene ring substituents is 1. The molecule has 94 valence electrons. The van der Waals surface area contributed by atoms with Crippen molar-refractivity contribution in [3.05, 3.63) is 39.9 Å². The summed E-state index contributed by atoms with van der Waals surface area (Å²) in [6.45, 7) is 0. The molecule has 1 fully saturated rings. The van der Waals surface area contributed by atoms with E-state index in [0.717, 1.165) is 0 Å². The van der Waals surface area contributed by atoms with Gasteiger partial charge in [-0.3, -0.25) is 19.7 Å². The van der Waals surface area contributed by atoms with Gasteiger partial charge < -0.3 is 4.74 Å². The standard InChI is InChI=1S/C12H11NO5/c14-11-3-1-2-10(12(15)18-11)8-4-6-9(7-5-8)13(16)17/h4-7,10H,1-3H2. The quantitative estimate of drug-likeness (QED) is 0.346. The van der Waals surface area contributed by atoms with Gasteiger partial charge >= 0.3 is 11.9 Å². The molecule has 0 spiro atoms. The van der Waals surface area contributed by atoms with Crippen LogP contribution < -0.4 is 0 Å². The monoisotopic (exact) mass is 249 g/mol. The van der Waals surface area contributed by atoms with E-state index in [1.807, 2.05) is 0 Å². The Morgan fingerprint density at radius 2 is 1.89 bits per heavy atom. The molecular weight excluding hydrogens is 238 g/mol. The van der Waals surface area contributed by atoms with Gasteiger partial charge in [0.15, 0.2) is 0 Å². The van der Waals surface area contributed by atoms with Crippen molar-refractivity contribution in [2.24, 2.45) is 0 Å². The lowest BCUT2D eigenvalue weighted by molar-refractivity contribution is -0.384. The first kappa shape index (κ1) is 12.2. The lowest BCUT2D eigenvalue weighted by Gasteiger charge is -2.11. The van der Waals surface area contributed by atoms with Crippen molar-refractivity contribution >= 4 is 17.6 Å². The van der Waals surface area contributed by atoms with Gasteiger partial charge in [0.05, 0.1) is 10.8 Å². The third-order valence-electron chi connectivity index (χ3n) is 2.88. The molecule has 1 saturated heterocycles. The molecule has 6 heteroatoms. The summed E-state index contributed by atoms with van der Waals surface area (Å²) in [6.07, 6.45) is 1.32. The second kappa shape index (κ2) is 4.95. The van der Waals surface area contributed by atoms with Gasteiger partial charge in [-0.15, -0.1) is 0 Å². The van der Waals surface area contributed by atoms with Gasteiger partial charge in [-0.2, -0.15) is 0 Å². The first-order valence-corrected chi connectivity index (χ1v) is 5.57. The number of cyclic esters (lactones) is 2. The summed E-state index contributed by atoms with van der Waals surface area (Å²) in [5.74, 6) is -1.60. The minimum Gasteiger partial charge on any atom is -0.393 e. The topological polar surface area (TPSA) is 86.5 Å². The number of esters is 2. The molecular formula is C12H11NO5. The molecule has 0 saturated carbocycles. The number of nitrogens with zero attached hydrogens (tertiary/aromatic N) is 1. The zero-order valence-corrected chi connectivity index (χ0v) is 9.50. The van der Waals surface area contributed by atoms with Crippen LogP contribution in [0, 0.1) is 10.1 Å². The average Bonchev–Trinajstić information content (AvgIpc) is 2.50. The van der Waals surface area contributed by atoms with Crippen LogP contribution in [-0.2, 0) is 14.3 Å². The summed E-state index contributed by atoms with van der Waals surface area (Å²) in [4.78, 5) is 32.8. The molecule has 1 aromatic rings. The first-order chi connectivity index (χ1) is 8.58. The smallest absolute Gasteiger partial charge is 0.321 e. The van der Waals surface area contributed by atoms with E-state index in [2.05, 4.69) is 4.74 Å². The maximum Gasteiger partial charge on any atom is 0.321 e. The van der Waals surface area contributed by atoms with Gasteiger partial charge in [0.2, 0.25) is 0 Å². The van der Waals surface area contributed by atoms with Crippen molar-refractivity contribution in [2.75, 3.05) is 0 Å². The van der Waals surface area contributed by atoms with Gasteiger partial charge in [0.1, 0.15) is 0 Å². The highest BCUT2D eigenvalue weighted by Crippen LogP contribution is 2.28. The third-order valence-corrected chi connectivity index (χ3v) is 2.88. The van der Waals surface area contributed by atoms with Crippen LogP contribution in [0.3, 0.4) is 0 Å². The number of benzene rings is 1. The number of hydrogen-bond donors (Lipinski definition) is 0. The minimum atomic E-state index is -0.577. The Hall–Kier alpha value is -2.24. The number of ether oxygens (including phenoxy) is 1. The zero-order chi connectivity index (χ0) is 13.1. The highest BCUT2D eigenvalue weighted by Gasteiger charge is 2.28. The molecule has 1 aliphatic heterocycles. The largest absolute Gasteiger partial charge is 0.393 e. The molecule has 18 heavy (non-hydrogen) atoms. The fourth-order valence-corrected chi connectivity index (χ4v) is 1.93. The highest BCUT2D eigenvalue weighted by atomic mass is 16.6. The lowest BCUT2D eigenvalue weighted by atomic mass is 9.94. The van der Waals surface area contributed by atoms with Crippen molar-refractivity contribution in [3.8, 4) is 0 Å². The second-order valence-corrected chi connectivity index (χ2v) is 4.09. The summed E-state index contributed by atoms with van der Waals surface area (Å²) in [6, 6.07) is 5.74. The maximum absolute atomic E-state index is 11.7. The van der Waals surface area contributed by atoms with Crippen LogP contribution in [0.4, 0.5) is 5.69 Å². The van der Waals surface area contributed by atoms with Crippen LogP contribution >= 0.6 is 0 Å². The number of carbonyl (C=O) groups is 2. The molecule has 0 radical (unpaired) electrons. The molecule has 0 aliphatic carbocycles. The van der Waals surface area contributed by atoms with E-state index in [9.17, 15) is 19.7 Å². The van der Waals surface area contributed by atoms with Gasteiger partial charge in [-0.1, -0.05) is 12.1 Å². The second-order valence-electron chi connectivity index (χ2n) is 4.09. The maximum atomic E-state index is 11.7. The zero-order valence-electron chi connectivity index (χ0n) is 9.50. The van der Waals surface area contributed by atoms with E-state index in [-0.39, 0.29) is 12.1 Å². The Kier molecular flexibility index (Phi) is 3.36. The molecule has 0 bridgehead atoms. The van der Waals surface area contributed by atoms with Crippen molar-refractivity contribution in [1.29, 1.82) is 0 Å². The Morgan fingerprint density at radius 3 is 2.50 bits per heavy atom. The van der Waals surface area contributed by atoms with E-state index >= 15 is 0 Å². The Labute approximate surface area is 103 Å².